The summed E-state index contributed by atoms with van der Waals surface area (Å²) in [6.07, 6.45) is -2.20. The second kappa shape index (κ2) is 4.68. The molecule has 3 nitrogen and oxygen atoms in total. The zero-order valence-corrected chi connectivity index (χ0v) is 9.67. The molecule has 1 fully saturated rings. The van der Waals surface area contributed by atoms with Crippen molar-refractivity contribution < 1.29 is 13.2 Å². The second-order valence-corrected chi connectivity index (χ2v) is 4.41. The molecule has 2 rings (SSSR count). The van der Waals surface area contributed by atoms with Gasteiger partial charge in [0.05, 0.1) is 5.92 Å². The first-order valence-electron chi connectivity index (χ1n) is 5.26. The van der Waals surface area contributed by atoms with Gasteiger partial charge in [-0.3, -0.25) is 0 Å². The van der Waals surface area contributed by atoms with Crippen LogP contribution in [0.3, 0.4) is 0 Å². The Hall–Kier alpha value is -1.04. The maximum Gasteiger partial charge on any atom is 0.393 e. The highest BCUT2D eigenvalue weighted by atomic mass is 35.5. The summed E-state index contributed by atoms with van der Waals surface area (Å²) in [5.74, 6) is -0.830. The fraction of sp³-hybridized carbons (Fsp3) is 0.600. The topological polar surface area (TPSA) is 29.0 Å². The van der Waals surface area contributed by atoms with Gasteiger partial charge >= 0.3 is 6.18 Å². The van der Waals surface area contributed by atoms with Gasteiger partial charge in [0.25, 0.3) is 0 Å². The van der Waals surface area contributed by atoms with E-state index in [1.165, 1.54) is 12.4 Å². The summed E-state index contributed by atoms with van der Waals surface area (Å²) in [5.41, 5.74) is 0. The Morgan fingerprint density at radius 2 is 2.12 bits per heavy atom. The Labute approximate surface area is 102 Å². The maximum atomic E-state index is 12.6. The molecule has 94 valence electrons. The van der Waals surface area contributed by atoms with Crippen molar-refractivity contribution in [2.75, 3.05) is 18.0 Å². The lowest BCUT2D eigenvalue weighted by molar-refractivity contribution is -0.176. The van der Waals surface area contributed by atoms with Crippen molar-refractivity contribution >= 4 is 17.4 Å². The summed E-state index contributed by atoms with van der Waals surface area (Å²) < 4.78 is 37.9. The van der Waals surface area contributed by atoms with Gasteiger partial charge in [-0.2, -0.15) is 13.2 Å². The van der Waals surface area contributed by atoms with E-state index in [4.69, 9.17) is 11.6 Å². The number of piperidine rings is 1. The third-order valence-corrected chi connectivity index (χ3v) is 3.03. The fourth-order valence-electron chi connectivity index (χ4n) is 1.95. The number of rotatable bonds is 1. The van der Waals surface area contributed by atoms with E-state index in [-0.39, 0.29) is 18.1 Å². The number of halogens is 4. The van der Waals surface area contributed by atoms with Gasteiger partial charge in [0.1, 0.15) is 17.3 Å². The molecule has 0 saturated carbocycles. The summed E-state index contributed by atoms with van der Waals surface area (Å²) in [6, 6.07) is 1.49. The molecule has 0 unspecified atom stereocenters. The summed E-state index contributed by atoms with van der Waals surface area (Å²) in [7, 11) is 0. The number of hydrogen-bond acceptors (Lipinski definition) is 3. The van der Waals surface area contributed by atoms with Gasteiger partial charge in [-0.1, -0.05) is 11.6 Å². The highest BCUT2D eigenvalue weighted by molar-refractivity contribution is 6.29. The molecule has 1 aromatic rings. The van der Waals surface area contributed by atoms with Gasteiger partial charge in [-0.05, 0) is 12.8 Å². The molecule has 1 aliphatic heterocycles. The number of hydrogen-bond donors (Lipinski definition) is 0. The molecule has 0 amide bonds. The lowest BCUT2D eigenvalue weighted by Gasteiger charge is -2.34. The van der Waals surface area contributed by atoms with E-state index in [2.05, 4.69) is 9.97 Å². The summed E-state index contributed by atoms with van der Waals surface area (Å²) in [4.78, 5) is 9.26. The smallest absolute Gasteiger partial charge is 0.356 e. The molecule has 1 aliphatic rings. The van der Waals surface area contributed by atoms with E-state index in [9.17, 15) is 13.2 Å². The van der Waals surface area contributed by atoms with Gasteiger partial charge in [0.2, 0.25) is 0 Å². The quantitative estimate of drug-likeness (QED) is 0.731. The average Bonchev–Trinajstić information content (AvgIpc) is 2.28. The van der Waals surface area contributed by atoms with Crippen LogP contribution in [0.2, 0.25) is 5.15 Å². The Bertz CT molecular complexity index is 397. The zero-order valence-electron chi connectivity index (χ0n) is 8.91. The summed E-state index contributed by atoms with van der Waals surface area (Å²) in [5, 5.41) is 0.240. The third kappa shape index (κ3) is 3.00. The molecule has 7 heteroatoms. The summed E-state index contributed by atoms with van der Waals surface area (Å²) in [6.45, 7) is 0.511. The summed E-state index contributed by atoms with van der Waals surface area (Å²) >= 11 is 5.69. The minimum absolute atomic E-state index is 0.0587. The van der Waals surface area contributed by atoms with Gasteiger partial charge in [-0.25, -0.2) is 9.97 Å². The first kappa shape index (κ1) is 12.4. The highest BCUT2D eigenvalue weighted by Gasteiger charge is 2.42. The first-order valence-corrected chi connectivity index (χ1v) is 5.64. The van der Waals surface area contributed by atoms with Crippen molar-refractivity contribution in [1.82, 2.24) is 9.97 Å². The molecule has 1 saturated heterocycles. The number of anilines is 1. The van der Waals surface area contributed by atoms with E-state index in [0.29, 0.717) is 18.8 Å². The van der Waals surface area contributed by atoms with Crippen LogP contribution in [0.1, 0.15) is 12.8 Å². The standard InChI is InChI=1S/C10H11ClF3N3/c11-8-4-9(16-6-15-8)17-3-1-2-7(5-17)10(12,13)14/h4,6-7H,1-3,5H2/t7-/m0/s1. The molecule has 0 spiro atoms. The van der Waals surface area contributed by atoms with Crippen molar-refractivity contribution in [2.24, 2.45) is 5.92 Å². The predicted molar refractivity (Wildman–Crippen MR) is 58.0 cm³/mol. The molecule has 0 bridgehead atoms. The molecule has 0 radical (unpaired) electrons. The van der Waals surface area contributed by atoms with E-state index in [0.717, 1.165) is 0 Å². The highest BCUT2D eigenvalue weighted by Crippen LogP contribution is 2.34. The Morgan fingerprint density at radius 1 is 1.35 bits per heavy atom. The predicted octanol–water partition coefficient (Wildman–Crippen LogP) is 2.91. The lowest BCUT2D eigenvalue weighted by atomic mass is 9.97. The molecule has 0 aliphatic carbocycles. The minimum Gasteiger partial charge on any atom is -0.356 e. The lowest BCUT2D eigenvalue weighted by Crippen LogP contribution is -2.42. The van der Waals surface area contributed by atoms with Crippen molar-refractivity contribution in [3.05, 3.63) is 17.5 Å². The maximum absolute atomic E-state index is 12.6. The van der Waals surface area contributed by atoms with Crippen LogP contribution in [0.5, 0.6) is 0 Å². The van der Waals surface area contributed by atoms with Crippen LogP contribution in [0.4, 0.5) is 19.0 Å². The molecular weight excluding hydrogens is 255 g/mol. The molecule has 2 heterocycles. The monoisotopic (exact) mass is 265 g/mol. The molecular formula is C10H11ClF3N3. The van der Waals surface area contributed by atoms with Gasteiger partial charge in [0, 0.05) is 19.2 Å². The van der Waals surface area contributed by atoms with Crippen LogP contribution in [0.25, 0.3) is 0 Å². The molecule has 0 N–H and O–H groups in total. The van der Waals surface area contributed by atoms with Crippen molar-refractivity contribution in [3.8, 4) is 0 Å². The number of alkyl halides is 3. The van der Waals surface area contributed by atoms with E-state index >= 15 is 0 Å². The Morgan fingerprint density at radius 3 is 2.76 bits per heavy atom. The molecule has 0 aromatic carbocycles. The molecule has 1 aromatic heterocycles. The number of nitrogens with zero attached hydrogens (tertiary/aromatic N) is 3. The fourth-order valence-corrected chi connectivity index (χ4v) is 2.09. The van der Waals surface area contributed by atoms with E-state index in [1.807, 2.05) is 0 Å². The van der Waals surface area contributed by atoms with Crippen molar-refractivity contribution in [1.29, 1.82) is 0 Å². The second-order valence-electron chi connectivity index (χ2n) is 4.03. The van der Waals surface area contributed by atoms with Gasteiger partial charge in [-0.15, -0.1) is 0 Å². The van der Waals surface area contributed by atoms with Crippen LogP contribution in [0.15, 0.2) is 12.4 Å². The van der Waals surface area contributed by atoms with E-state index in [1.54, 1.807) is 4.90 Å². The van der Waals surface area contributed by atoms with Crippen molar-refractivity contribution in [2.45, 2.75) is 19.0 Å². The van der Waals surface area contributed by atoms with Crippen LogP contribution >= 0.6 is 11.6 Å². The Balaban J connectivity index is 2.12. The van der Waals surface area contributed by atoms with Crippen molar-refractivity contribution in [3.63, 3.8) is 0 Å². The average molecular weight is 266 g/mol. The van der Waals surface area contributed by atoms with Gasteiger partial charge in [0.15, 0.2) is 0 Å². The molecule has 1 atom stereocenters. The SMILES string of the molecule is FC(F)(F)[C@H]1CCCN(c2cc(Cl)ncn2)C1. The Kier molecular flexibility index (Phi) is 3.42. The van der Waals surface area contributed by atoms with Gasteiger partial charge < -0.3 is 4.90 Å². The normalized spacial score (nSPS) is 21.6. The largest absolute Gasteiger partial charge is 0.393 e. The third-order valence-electron chi connectivity index (χ3n) is 2.83. The number of aromatic nitrogens is 2. The van der Waals surface area contributed by atoms with E-state index < -0.39 is 12.1 Å². The van der Waals surface area contributed by atoms with Crippen LogP contribution in [-0.4, -0.2) is 29.2 Å². The van der Waals surface area contributed by atoms with Crippen LogP contribution < -0.4 is 4.90 Å². The van der Waals surface area contributed by atoms with Crippen LogP contribution in [-0.2, 0) is 0 Å². The van der Waals surface area contributed by atoms with Crippen LogP contribution in [0, 0.1) is 5.92 Å². The first-order chi connectivity index (χ1) is 7.97. The zero-order chi connectivity index (χ0) is 12.5. The molecule has 17 heavy (non-hydrogen) atoms. The minimum atomic E-state index is -4.14.